The van der Waals surface area contributed by atoms with Gasteiger partial charge in [-0.1, -0.05) is 28.1 Å². The molecule has 0 fully saturated rings. The van der Waals surface area contributed by atoms with Gasteiger partial charge < -0.3 is 5.32 Å². The third-order valence-electron chi connectivity index (χ3n) is 2.97. The fourth-order valence-electron chi connectivity index (χ4n) is 1.88. The number of aryl methyl sites for hydroxylation is 1. The Bertz CT molecular complexity index is 680. The topological polar surface area (TPSA) is 46.2 Å². The van der Waals surface area contributed by atoms with E-state index in [1.807, 2.05) is 13.0 Å². The molecule has 1 amide bonds. The summed E-state index contributed by atoms with van der Waals surface area (Å²) in [5, 5.41) is 2.78. The van der Waals surface area contributed by atoms with E-state index in [9.17, 15) is 9.59 Å². The number of benzene rings is 2. The Hall–Kier alpha value is -1.94. The summed E-state index contributed by atoms with van der Waals surface area (Å²) in [5.74, 6) is -0.304. The van der Waals surface area contributed by atoms with Gasteiger partial charge in [0.1, 0.15) is 0 Å². The number of nitrogens with one attached hydrogen (secondary N) is 1. The number of hydrogen-bond acceptors (Lipinski definition) is 2. The van der Waals surface area contributed by atoms with Gasteiger partial charge in [-0.3, -0.25) is 9.59 Å². The molecule has 20 heavy (non-hydrogen) atoms. The fraction of sp³-hybridized carbons (Fsp3) is 0.125. The van der Waals surface area contributed by atoms with E-state index in [4.69, 9.17) is 0 Å². The van der Waals surface area contributed by atoms with E-state index in [1.54, 1.807) is 36.4 Å². The van der Waals surface area contributed by atoms with Crippen molar-refractivity contribution in [1.29, 1.82) is 0 Å². The lowest BCUT2D eigenvalue weighted by atomic mass is 10.1. The first kappa shape index (κ1) is 14.5. The quantitative estimate of drug-likeness (QED) is 0.856. The number of ketones is 1. The summed E-state index contributed by atoms with van der Waals surface area (Å²) < 4.78 is 0.957. The summed E-state index contributed by atoms with van der Waals surface area (Å²) in [5.41, 5.74) is 2.59. The monoisotopic (exact) mass is 331 g/mol. The molecule has 1 N–H and O–H groups in total. The van der Waals surface area contributed by atoms with Crippen molar-refractivity contribution in [3.63, 3.8) is 0 Å². The van der Waals surface area contributed by atoms with Crippen molar-refractivity contribution in [3.8, 4) is 0 Å². The summed E-state index contributed by atoms with van der Waals surface area (Å²) >= 11 is 3.40. The summed E-state index contributed by atoms with van der Waals surface area (Å²) in [6.45, 7) is 3.40. The summed E-state index contributed by atoms with van der Waals surface area (Å²) in [6, 6.07) is 12.4. The van der Waals surface area contributed by atoms with Crippen molar-refractivity contribution >= 4 is 33.3 Å². The molecule has 0 aliphatic rings. The minimum absolute atomic E-state index is 0.0760. The van der Waals surface area contributed by atoms with E-state index >= 15 is 0 Å². The SMILES string of the molecule is CC(=O)c1ccccc1NC(=O)c1ccc(Br)c(C)c1. The summed E-state index contributed by atoms with van der Waals surface area (Å²) in [7, 11) is 0. The lowest BCUT2D eigenvalue weighted by Gasteiger charge is -2.09. The van der Waals surface area contributed by atoms with Gasteiger partial charge in [-0.05, 0) is 49.7 Å². The molecule has 0 bridgehead atoms. The van der Waals surface area contributed by atoms with E-state index in [1.165, 1.54) is 6.92 Å². The average molecular weight is 332 g/mol. The van der Waals surface area contributed by atoms with Gasteiger partial charge in [-0.2, -0.15) is 0 Å². The Labute approximate surface area is 126 Å². The van der Waals surface area contributed by atoms with Gasteiger partial charge in [0.25, 0.3) is 5.91 Å². The average Bonchev–Trinajstić information content (AvgIpc) is 2.42. The van der Waals surface area contributed by atoms with E-state index in [2.05, 4.69) is 21.2 Å². The lowest BCUT2D eigenvalue weighted by Crippen LogP contribution is -2.14. The van der Waals surface area contributed by atoms with Gasteiger partial charge >= 0.3 is 0 Å². The molecule has 0 aliphatic heterocycles. The number of halogens is 1. The Morgan fingerprint density at radius 2 is 1.80 bits per heavy atom. The highest BCUT2D eigenvalue weighted by molar-refractivity contribution is 9.10. The molecular weight excluding hydrogens is 318 g/mol. The fourth-order valence-corrected chi connectivity index (χ4v) is 2.13. The molecule has 2 aromatic carbocycles. The number of amides is 1. The maximum atomic E-state index is 12.2. The predicted octanol–water partition coefficient (Wildman–Crippen LogP) is 4.21. The number of para-hydroxylation sites is 1. The molecule has 0 unspecified atom stereocenters. The molecular formula is C16H14BrNO2. The molecule has 0 heterocycles. The molecule has 0 radical (unpaired) electrons. The molecule has 0 aliphatic carbocycles. The van der Waals surface area contributed by atoms with Crippen LogP contribution in [0.4, 0.5) is 5.69 Å². The number of hydrogen-bond donors (Lipinski definition) is 1. The van der Waals surface area contributed by atoms with E-state index in [0.717, 1.165) is 10.0 Å². The van der Waals surface area contributed by atoms with Crippen LogP contribution >= 0.6 is 15.9 Å². The number of carbonyl (C=O) groups excluding carboxylic acids is 2. The van der Waals surface area contributed by atoms with Gasteiger partial charge in [0.15, 0.2) is 5.78 Å². The third kappa shape index (κ3) is 3.14. The smallest absolute Gasteiger partial charge is 0.255 e. The van der Waals surface area contributed by atoms with Crippen molar-refractivity contribution in [3.05, 3.63) is 63.6 Å². The highest BCUT2D eigenvalue weighted by Crippen LogP contribution is 2.20. The minimum atomic E-state index is -0.227. The Kier molecular flexibility index (Phi) is 4.35. The van der Waals surface area contributed by atoms with E-state index < -0.39 is 0 Å². The predicted molar refractivity (Wildman–Crippen MR) is 83.3 cm³/mol. The van der Waals surface area contributed by atoms with Crippen molar-refractivity contribution in [2.75, 3.05) is 5.32 Å². The van der Waals surface area contributed by atoms with E-state index in [-0.39, 0.29) is 11.7 Å². The molecule has 3 nitrogen and oxygen atoms in total. The summed E-state index contributed by atoms with van der Waals surface area (Å²) in [6.07, 6.45) is 0. The molecule has 0 aromatic heterocycles. The zero-order chi connectivity index (χ0) is 14.7. The largest absolute Gasteiger partial charge is 0.321 e. The number of Topliss-reactive ketones (excluding diaryl/α,β-unsaturated/α-hetero) is 1. The molecule has 0 atom stereocenters. The Balaban J connectivity index is 2.28. The second-order valence-electron chi connectivity index (χ2n) is 4.52. The maximum Gasteiger partial charge on any atom is 0.255 e. The van der Waals surface area contributed by atoms with Crippen molar-refractivity contribution < 1.29 is 9.59 Å². The molecule has 2 rings (SSSR count). The molecule has 102 valence electrons. The summed E-state index contributed by atoms with van der Waals surface area (Å²) in [4.78, 5) is 23.7. The zero-order valence-corrected chi connectivity index (χ0v) is 12.8. The standard InChI is InChI=1S/C16H14BrNO2/c1-10-9-12(7-8-14(10)17)16(20)18-15-6-4-3-5-13(15)11(2)19/h3-9H,1-2H3,(H,18,20). The first-order valence-corrected chi connectivity index (χ1v) is 6.96. The van der Waals surface area contributed by atoms with Crippen LogP contribution in [-0.2, 0) is 0 Å². The Morgan fingerprint density at radius 1 is 1.10 bits per heavy atom. The van der Waals surface area contributed by atoms with Crippen LogP contribution in [0.15, 0.2) is 46.9 Å². The first-order valence-electron chi connectivity index (χ1n) is 6.16. The minimum Gasteiger partial charge on any atom is -0.321 e. The second-order valence-corrected chi connectivity index (χ2v) is 5.37. The molecule has 2 aromatic rings. The highest BCUT2D eigenvalue weighted by Gasteiger charge is 2.11. The van der Waals surface area contributed by atoms with Crippen LogP contribution in [0.25, 0.3) is 0 Å². The molecule has 0 spiro atoms. The van der Waals surface area contributed by atoms with Crippen LogP contribution in [0.2, 0.25) is 0 Å². The van der Waals surface area contributed by atoms with Crippen LogP contribution in [0, 0.1) is 6.92 Å². The van der Waals surface area contributed by atoms with Crippen molar-refractivity contribution in [2.24, 2.45) is 0 Å². The number of rotatable bonds is 3. The first-order chi connectivity index (χ1) is 9.49. The van der Waals surface area contributed by atoms with E-state index in [0.29, 0.717) is 16.8 Å². The maximum absolute atomic E-state index is 12.2. The van der Waals surface area contributed by atoms with Gasteiger partial charge in [0.2, 0.25) is 0 Å². The van der Waals surface area contributed by atoms with Gasteiger partial charge in [0, 0.05) is 15.6 Å². The van der Waals surface area contributed by atoms with Gasteiger partial charge in [0.05, 0.1) is 5.69 Å². The third-order valence-corrected chi connectivity index (χ3v) is 3.86. The second kappa shape index (κ2) is 6.01. The molecule has 0 saturated heterocycles. The van der Waals surface area contributed by atoms with Crippen LogP contribution in [0.1, 0.15) is 33.2 Å². The van der Waals surface area contributed by atoms with Gasteiger partial charge in [-0.25, -0.2) is 0 Å². The van der Waals surface area contributed by atoms with Crippen LogP contribution in [0.3, 0.4) is 0 Å². The zero-order valence-electron chi connectivity index (χ0n) is 11.2. The van der Waals surface area contributed by atoms with Gasteiger partial charge in [-0.15, -0.1) is 0 Å². The van der Waals surface area contributed by atoms with Crippen LogP contribution in [-0.4, -0.2) is 11.7 Å². The highest BCUT2D eigenvalue weighted by atomic mass is 79.9. The van der Waals surface area contributed by atoms with Crippen molar-refractivity contribution in [2.45, 2.75) is 13.8 Å². The van der Waals surface area contributed by atoms with Crippen LogP contribution in [0.5, 0.6) is 0 Å². The molecule has 0 saturated carbocycles. The lowest BCUT2D eigenvalue weighted by molar-refractivity contribution is 0.101. The van der Waals surface area contributed by atoms with Crippen LogP contribution < -0.4 is 5.32 Å². The molecule has 4 heteroatoms. The number of anilines is 1. The number of carbonyl (C=O) groups is 2. The van der Waals surface area contributed by atoms with Crippen molar-refractivity contribution in [1.82, 2.24) is 0 Å². The Morgan fingerprint density at radius 3 is 2.45 bits per heavy atom. The normalized spacial score (nSPS) is 10.2.